The summed E-state index contributed by atoms with van der Waals surface area (Å²) in [5.74, 6) is -0.191. The molecule has 0 atom stereocenters. The Labute approximate surface area is 84.9 Å². The summed E-state index contributed by atoms with van der Waals surface area (Å²) in [5, 5.41) is 2.95. The molecule has 1 aromatic rings. The topological polar surface area (TPSA) is 12.0 Å². The molecule has 0 amide bonds. The number of hydrogen-bond donors (Lipinski definition) is 1. The number of rotatable bonds is 1. The first-order valence-corrected chi connectivity index (χ1v) is 3.94. The summed E-state index contributed by atoms with van der Waals surface area (Å²) in [6.45, 7) is 0. The molecule has 1 N–H and O–H groups in total. The molecule has 0 fully saturated rings. The number of nitrogens with one attached hydrogen (secondary N) is 1. The first kappa shape index (κ1) is 11.0. The maximum absolute atomic E-state index is 12.5. The fraction of sp³-hybridized carbons (Fsp3) is 0.143. The highest BCUT2D eigenvalue weighted by Crippen LogP contribution is 2.17. The van der Waals surface area contributed by atoms with Gasteiger partial charge in [-0.25, -0.2) is 4.39 Å². The zero-order valence-corrected chi connectivity index (χ0v) is 8.87. The van der Waals surface area contributed by atoms with E-state index in [1.54, 1.807) is 6.07 Å². The Kier molecular flexibility index (Phi) is 4.76. The summed E-state index contributed by atoms with van der Waals surface area (Å²) in [6, 6.07) is 4.65. The Morgan fingerprint density at radius 2 is 2.09 bits per heavy atom. The van der Waals surface area contributed by atoms with E-state index in [0.29, 0.717) is 0 Å². The van der Waals surface area contributed by atoms with Gasteiger partial charge in [-0.15, -0.1) is 12.4 Å². The lowest BCUT2D eigenvalue weighted by molar-refractivity contribution is 0.627. The van der Waals surface area contributed by atoms with Crippen LogP contribution in [0.1, 0.15) is 0 Å². The Balaban J connectivity index is 0.000001000. The van der Waals surface area contributed by atoms with Gasteiger partial charge in [0, 0.05) is 16.3 Å². The fourth-order valence-electron chi connectivity index (χ4n) is 0.692. The SMILES string of the molecule is CNc1ccc(F)cc1I.Cl. The van der Waals surface area contributed by atoms with Crippen LogP contribution in [0.2, 0.25) is 0 Å². The van der Waals surface area contributed by atoms with E-state index < -0.39 is 0 Å². The standard InChI is InChI=1S/C7H7FIN.ClH/c1-10-7-3-2-5(8)4-6(7)9;/h2-4,10H,1H3;1H. The van der Waals surface area contributed by atoms with Crippen LogP contribution in [-0.2, 0) is 0 Å². The maximum Gasteiger partial charge on any atom is 0.124 e. The molecule has 0 saturated heterocycles. The highest BCUT2D eigenvalue weighted by atomic mass is 127. The second kappa shape index (κ2) is 4.77. The van der Waals surface area contributed by atoms with Crippen molar-refractivity contribution in [2.24, 2.45) is 0 Å². The Hall–Kier alpha value is -0.0300. The molecule has 1 rings (SSSR count). The predicted molar refractivity (Wildman–Crippen MR) is 55.9 cm³/mol. The molecule has 0 aliphatic carbocycles. The van der Waals surface area contributed by atoms with Gasteiger partial charge in [-0.3, -0.25) is 0 Å². The van der Waals surface area contributed by atoms with Gasteiger partial charge in [0.1, 0.15) is 5.82 Å². The van der Waals surface area contributed by atoms with Crippen molar-refractivity contribution in [2.75, 3.05) is 12.4 Å². The minimum atomic E-state index is -0.191. The lowest BCUT2D eigenvalue weighted by atomic mass is 10.3. The van der Waals surface area contributed by atoms with Crippen molar-refractivity contribution in [1.29, 1.82) is 0 Å². The van der Waals surface area contributed by atoms with E-state index >= 15 is 0 Å². The summed E-state index contributed by atoms with van der Waals surface area (Å²) in [7, 11) is 1.81. The van der Waals surface area contributed by atoms with Crippen LogP contribution in [0.5, 0.6) is 0 Å². The molecule has 62 valence electrons. The van der Waals surface area contributed by atoms with Crippen LogP contribution >= 0.6 is 35.0 Å². The summed E-state index contributed by atoms with van der Waals surface area (Å²) >= 11 is 2.08. The van der Waals surface area contributed by atoms with Crippen molar-refractivity contribution < 1.29 is 4.39 Å². The van der Waals surface area contributed by atoms with Crippen LogP contribution in [0.25, 0.3) is 0 Å². The molecule has 11 heavy (non-hydrogen) atoms. The molecule has 0 unspecified atom stereocenters. The van der Waals surface area contributed by atoms with Gasteiger partial charge in [-0.1, -0.05) is 0 Å². The van der Waals surface area contributed by atoms with Gasteiger partial charge in [-0.2, -0.15) is 0 Å². The molecular formula is C7H8ClFIN. The van der Waals surface area contributed by atoms with Crippen molar-refractivity contribution in [3.63, 3.8) is 0 Å². The molecule has 0 radical (unpaired) electrons. The molecule has 0 bridgehead atoms. The molecule has 0 aliphatic rings. The van der Waals surface area contributed by atoms with E-state index in [1.807, 2.05) is 7.05 Å². The summed E-state index contributed by atoms with van der Waals surface area (Å²) in [5.41, 5.74) is 0.960. The quantitative estimate of drug-likeness (QED) is 0.783. The molecule has 4 heteroatoms. The predicted octanol–water partition coefficient (Wildman–Crippen LogP) is 2.89. The van der Waals surface area contributed by atoms with Gasteiger partial charge in [-0.05, 0) is 40.8 Å². The summed E-state index contributed by atoms with van der Waals surface area (Å²) in [6.07, 6.45) is 0. The van der Waals surface area contributed by atoms with Crippen molar-refractivity contribution in [1.82, 2.24) is 0 Å². The van der Waals surface area contributed by atoms with Gasteiger partial charge >= 0.3 is 0 Å². The molecule has 0 aliphatic heterocycles. The van der Waals surface area contributed by atoms with Crippen LogP contribution in [0.4, 0.5) is 10.1 Å². The molecule has 0 aromatic heterocycles. The van der Waals surface area contributed by atoms with Gasteiger partial charge < -0.3 is 5.32 Å². The fourth-order valence-corrected chi connectivity index (χ4v) is 1.44. The lowest BCUT2D eigenvalue weighted by Crippen LogP contribution is -1.91. The number of benzene rings is 1. The van der Waals surface area contributed by atoms with Crippen LogP contribution in [0.3, 0.4) is 0 Å². The molecule has 0 saturated carbocycles. The zero-order chi connectivity index (χ0) is 7.56. The van der Waals surface area contributed by atoms with Crippen LogP contribution in [0, 0.1) is 9.39 Å². The highest BCUT2D eigenvalue weighted by molar-refractivity contribution is 14.1. The molecule has 1 nitrogen and oxygen atoms in total. The molecule has 1 aromatic carbocycles. The normalized spacial score (nSPS) is 8.64. The minimum Gasteiger partial charge on any atom is -0.387 e. The number of hydrogen-bond acceptors (Lipinski definition) is 1. The first-order chi connectivity index (χ1) is 4.74. The maximum atomic E-state index is 12.5. The van der Waals surface area contributed by atoms with Gasteiger partial charge in [0.25, 0.3) is 0 Å². The lowest BCUT2D eigenvalue weighted by Gasteiger charge is -2.01. The molecular weight excluding hydrogens is 279 g/mol. The average molecular weight is 288 g/mol. The third-order valence-electron chi connectivity index (χ3n) is 1.20. The smallest absolute Gasteiger partial charge is 0.124 e. The Morgan fingerprint density at radius 3 is 2.55 bits per heavy atom. The van der Waals surface area contributed by atoms with E-state index in [-0.39, 0.29) is 18.2 Å². The van der Waals surface area contributed by atoms with Crippen LogP contribution in [-0.4, -0.2) is 7.05 Å². The van der Waals surface area contributed by atoms with Crippen molar-refractivity contribution in [3.8, 4) is 0 Å². The number of anilines is 1. The Morgan fingerprint density at radius 1 is 1.45 bits per heavy atom. The van der Waals surface area contributed by atoms with E-state index in [4.69, 9.17) is 0 Å². The average Bonchev–Trinajstić information content (AvgIpc) is 1.88. The molecule has 0 spiro atoms. The van der Waals surface area contributed by atoms with E-state index in [2.05, 4.69) is 27.9 Å². The van der Waals surface area contributed by atoms with Gasteiger partial charge in [0.2, 0.25) is 0 Å². The highest BCUT2D eigenvalue weighted by Gasteiger charge is 1.96. The van der Waals surface area contributed by atoms with Crippen LogP contribution in [0.15, 0.2) is 18.2 Å². The third-order valence-corrected chi connectivity index (χ3v) is 2.09. The zero-order valence-electron chi connectivity index (χ0n) is 5.90. The number of halogens is 3. The van der Waals surface area contributed by atoms with Crippen LogP contribution < -0.4 is 5.32 Å². The molecule has 0 heterocycles. The first-order valence-electron chi connectivity index (χ1n) is 2.87. The van der Waals surface area contributed by atoms with Gasteiger partial charge in [0.05, 0.1) is 0 Å². The van der Waals surface area contributed by atoms with E-state index in [1.165, 1.54) is 12.1 Å². The van der Waals surface area contributed by atoms with E-state index in [0.717, 1.165) is 9.26 Å². The van der Waals surface area contributed by atoms with Gasteiger partial charge in [0.15, 0.2) is 0 Å². The monoisotopic (exact) mass is 287 g/mol. The third kappa shape index (κ3) is 2.83. The van der Waals surface area contributed by atoms with Crippen molar-refractivity contribution in [3.05, 3.63) is 27.6 Å². The summed E-state index contributed by atoms with van der Waals surface area (Å²) < 4.78 is 13.4. The van der Waals surface area contributed by atoms with Crippen molar-refractivity contribution in [2.45, 2.75) is 0 Å². The second-order valence-corrected chi connectivity index (χ2v) is 3.04. The summed E-state index contributed by atoms with van der Waals surface area (Å²) in [4.78, 5) is 0. The largest absolute Gasteiger partial charge is 0.387 e. The Bertz CT molecular complexity index is 242. The second-order valence-electron chi connectivity index (χ2n) is 1.87. The van der Waals surface area contributed by atoms with E-state index in [9.17, 15) is 4.39 Å². The van der Waals surface area contributed by atoms with Crippen molar-refractivity contribution >= 4 is 40.7 Å². The minimum absolute atomic E-state index is 0.